The summed E-state index contributed by atoms with van der Waals surface area (Å²) >= 11 is 1.71. The molecule has 2 aliphatic rings. The van der Waals surface area contributed by atoms with Crippen LogP contribution in [-0.4, -0.2) is 47.0 Å². The molecule has 2 fully saturated rings. The molecule has 1 aromatic heterocycles. The van der Waals surface area contributed by atoms with Gasteiger partial charge in [-0.1, -0.05) is 0 Å². The zero-order valence-corrected chi connectivity index (χ0v) is 13.8. The second kappa shape index (κ2) is 5.96. The number of rotatable bonds is 4. The molecule has 3 rings (SSSR count). The smallest absolute Gasteiger partial charge is 0.322 e. The van der Waals surface area contributed by atoms with Crippen molar-refractivity contribution >= 4 is 23.3 Å². The van der Waals surface area contributed by atoms with Crippen LogP contribution in [0.3, 0.4) is 0 Å². The van der Waals surface area contributed by atoms with E-state index in [1.54, 1.807) is 11.3 Å². The highest BCUT2D eigenvalue weighted by Crippen LogP contribution is 2.29. The zero-order chi connectivity index (χ0) is 15.7. The van der Waals surface area contributed by atoms with Crippen LogP contribution < -0.4 is 10.6 Å². The Hall–Kier alpha value is -1.47. The maximum atomic E-state index is 12.1. The van der Waals surface area contributed by atoms with Gasteiger partial charge in [-0.2, -0.15) is 0 Å². The van der Waals surface area contributed by atoms with E-state index in [9.17, 15) is 9.59 Å². The van der Waals surface area contributed by atoms with Gasteiger partial charge < -0.3 is 10.2 Å². The summed E-state index contributed by atoms with van der Waals surface area (Å²) in [6.07, 6.45) is 3.03. The second-order valence-electron chi connectivity index (χ2n) is 6.36. The molecular formula is C15H22N4O2S. The Morgan fingerprint density at radius 3 is 2.95 bits per heavy atom. The Labute approximate surface area is 134 Å². The van der Waals surface area contributed by atoms with Crippen molar-refractivity contribution < 1.29 is 9.59 Å². The van der Waals surface area contributed by atoms with Gasteiger partial charge in [0.05, 0.1) is 11.2 Å². The van der Waals surface area contributed by atoms with Crippen LogP contribution in [0.25, 0.3) is 0 Å². The van der Waals surface area contributed by atoms with E-state index >= 15 is 0 Å². The van der Waals surface area contributed by atoms with Crippen LogP contribution in [0, 0.1) is 12.8 Å². The summed E-state index contributed by atoms with van der Waals surface area (Å²) < 4.78 is 0. The lowest BCUT2D eigenvalue weighted by Crippen LogP contribution is -2.55. The quantitative estimate of drug-likeness (QED) is 0.820. The van der Waals surface area contributed by atoms with Crippen LogP contribution in [0.1, 0.15) is 30.3 Å². The summed E-state index contributed by atoms with van der Waals surface area (Å²) in [5.74, 6) is -0.0297. The third-order valence-corrected chi connectivity index (χ3v) is 5.89. The summed E-state index contributed by atoms with van der Waals surface area (Å²) in [6.45, 7) is 6.77. The fourth-order valence-corrected chi connectivity index (χ4v) is 4.17. The van der Waals surface area contributed by atoms with Crippen molar-refractivity contribution in [3.05, 3.63) is 16.1 Å². The number of amides is 3. The lowest BCUT2D eigenvalue weighted by Gasteiger charge is -2.39. The number of hydrogen-bond donors (Lipinski definition) is 2. The molecule has 2 saturated heterocycles. The highest BCUT2D eigenvalue weighted by atomic mass is 32.1. The van der Waals surface area contributed by atoms with Crippen LogP contribution in [0.5, 0.6) is 0 Å². The summed E-state index contributed by atoms with van der Waals surface area (Å²) in [6, 6.07) is -0.370. The van der Waals surface area contributed by atoms with Gasteiger partial charge in [-0.3, -0.25) is 10.1 Å². The molecule has 0 radical (unpaired) electrons. The molecule has 120 valence electrons. The number of hydrogen-bond acceptors (Lipinski definition) is 5. The lowest BCUT2D eigenvalue weighted by molar-refractivity contribution is -0.126. The third kappa shape index (κ3) is 2.87. The first-order chi connectivity index (χ1) is 10.5. The third-order valence-electron chi connectivity index (χ3n) is 4.89. The fourth-order valence-electron chi connectivity index (χ4n) is 3.40. The molecule has 0 aliphatic carbocycles. The van der Waals surface area contributed by atoms with Gasteiger partial charge >= 0.3 is 6.03 Å². The molecule has 0 saturated carbocycles. The summed E-state index contributed by atoms with van der Waals surface area (Å²) in [5.41, 5.74) is 2.24. The molecule has 0 aromatic carbocycles. The number of likely N-dealkylation sites (tertiary alicyclic amines) is 1. The summed E-state index contributed by atoms with van der Waals surface area (Å²) in [5, 5.41) is 5.18. The first-order valence-corrected chi connectivity index (χ1v) is 8.62. The van der Waals surface area contributed by atoms with E-state index in [-0.39, 0.29) is 17.9 Å². The molecule has 3 amide bonds. The average Bonchev–Trinajstić information content (AvgIpc) is 3.01. The normalized spacial score (nSPS) is 29.5. The topological polar surface area (TPSA) is 74.3 Å². The summed E-state index contributed by atoms with van der Waals surface area (Å²) in [7, 11) is 0. The van der Waals surface area contributed by atoms with Crippen molar-refractivity contribution in [3.8, 4) is 0 Å². The van der Waals surface area contributed by atoms with Crippen molar-refractivity contribution in [1.29, 1.82) is 0 Å². The monoisotopic (exact) mass is 322 g/mol. The molecular weight excluding hydrogens is 300 g/mol. The van der Waals surface area contributed by atoms with Crippen molar-refractivity contribution in [2.45, 2.75) is 38.6 Å². The minimum atomic E-state index is -0.768. The van der Waals surface area contributed by atoms with Gasteiger partial charge in [0.2, 0.25) is 0 Å². The minimum absolute atomic E-state index is 0.162. The SMILES string of the molecule is Cc1ncsc1CCN1CCC[C@H]([C@]2(C)NC(=O)NC2=O)C1. The first kappa shape index (κ1) is 15.4. The van der Waals surface area contributed by atoms with Gasteiger partial charge in [0.25, 0.3) is 5.91 Å². The van der Waals surface area contributed by atoms with Crippen LogP contribution in [0.15, 0.2) is 5.51 Å². The van der Waals surface area contributed by atoms with Gasteiger partial charge in [-0.25, -0.2) is 9.78 Å². The van der Waals surface area contributed by atoms with Crippen molar-refractivity contribution in [2.24, 2.45) is 5.92 Å². The van der Waals surface area contributed by atoms with E-state index in [4.69, 9.17) is 0 Å². The predicted octanol–water partition coefficient (Wildman–Crippen LogP) is 1.30. The molecule has 3 heterocycles. The standard InChI is InChI=1S/C15H22N4O2S/c1-10-12(22-9-16-10)5-7-19-6-3-4-11(8-19)15(2)13(20)17-14(21)18-15/h9,11H,3-8H2,1-2H3,(H2,17,18,20,21)/t11-,15-/m0/s1. The van der Waals surface area contributed by atoms with Crippen molar-refractivity contribution in [3.63, 3.8) is 0 Å². The van der Waals surface area contributed by atoms with Crippen LogP contribution >= 0.6 is 11.3 Å². The molecule has 2 atom stereocenters. The molecule has 22 heavy (non-hydrogen) atoms. The average molecular weight is 322 g/mol. The molecule has 0 unspecified atom stereocenters. The highest BCUT2D eigenvalue weighted by Gasteiger charge is 2.48. The largest absolute Gasteiger partial charge is 0.323 e. The predicted molar refractivity (Wildman–Crippen MR) is 84.8 cm³/mol. The number of piperidine rings is 1. The lowest BCUT2D eigenvalue weighted by atomic mass is 9.80. The molecule has 2 aliphatic heterocycles. The van der Waals surface area contributed by atoms with Gasteiger partial charge in [-0.05, 0) is 39.7 Å². The van der Waals surface area contributed by atoms with Gasteiger partial charge in [0, 0.05) is 23.9 Å². The Bertz CT molecular complexity index is 588. The van der Waals surface area contributed by atoms with E-state index in [2.05, 4.69) is 20.5 Å². The number of carbonyl (C=O) groups is 2. The van der Waals surface area contributed by atoms with Gasteiger partial charge in [0.15, 0.2) is 0 Å². The number of imide groups is 1. The first-order valence-electron chi connectivity index (χ1n) is 7.74. The Kier molecular flexibility index (Phi) is 4.18. The van der Waals surface area contributed by atoms with Crippen LogP contribution in [0.4, 0.5) is 4.79 Å². The molecule has 2 N–H and O–H groups in total. The maximum Gasteiger partial charge on any atom is 0.322 e. The number of thiazole rings is 1. The number of carbonyl (C=O) groups excluding carboxylic acids is 2. The minimum Gasteiger partial charge on any atom is -0.323 e. The maximum absolute atomic E-state index is 12.1. The Balaban J connectivity index is 1.61. The second-order valence-corrected chi connectivity index (χ2v) is 7.30. The van der Waals surface area contributed by atoms with Crippen molar-refractivity contribution in [1.82, 2.24) is 20.5 Å². The van der Waals surface area contributed by atoms with E-state index in [0.717, 1.165) is 44.6 Å². The molecule has 0 bridgehead atoms. The van der Waals surface area contributed by atoms with Crippen molar-refractivity contribution in [2.75, 3.05) is 19.6 Å². The zero-order valence-electron chi connectivity index (χ0n) is 13.0. The van der Waals surface area contributed by atoms with Gasteiger partial charge in [0.1, 0.15) is 5.54 Å². The van der Waals surface area contributed by atoms with Gasteiger partial charge in [-0.15, -0.1) is 11.3 Å². The van der Waals surface area contributed by atoms with E-state index in [1.807, 2.05) is 19.4 Å². The van der Waals surface area contributed by atoms with E-state index < -0.39 is 5.54 Å². The summed E-state index contributed by atoms with van der Waals surface area (Å²) in [4.78, 5) is 31.6. The molecule has 1 aromatic rings. The number of urea groups is 1. The number of nitrogens with one attached hydrogen (secondary N) is 2. The van der Waals surface area contributed by atoms with Crippen LogP contribution in [0.2, 0.25) is 0 Å². The van der Waals surface area contributed by atoms with Crippen LogP contribution in [-0.2, 0) is 11.2 Å². The van der Waals surface area contributed by atoms with E-state index in [0.29, 0.717) is 0 Å². The Morgan fingerprint density at radius 1 is 1.50 bits per heavy atom. The molecule has 7 heteroatoms. The highest BCUT2D eigenvalue weighted by molar-refractivity contribution is 7.09. The van der Waals surface area contributed by atoms with E-state index in [1.165, 1.54) is 4.88 Å². The number of aryl methyl sites for hydroxylation is 1. The Morgan fingerprint density at radius 2 is 2.32 bits per heavy atom. The number of aromatic nitrogens is 1. The number of nitrogens with zero attached hydrogens (tertiary/aromatic N) is 2. The molecule has 0 spiro atoms. The fraction of sp³-hybridized carbons (Fsp3) is 0.667. The molecule has 6 nitrogen and oxygen atoms in total.